The molecule has 0 radical (unpaired) electrons. The van der Waals surface area contributed by atoms with E-state index >= 15 is 0 Å². The third-order valence-corrected chi connectivity index (χ3v) is 10.8. The molecule has 2 unspecified atom stereocenters. The third-order valence-electron chi connectivity index (χ3n) is 8.56. The molecule has 3 saturated heterocycles. The number of amides is 3. The maximum absolute atomic E-state index is 14.7. The van der Waals surface area contributed by atoms with Crippen LogP contribution >= 0.6 is 23.4 Å². The van der Waals surface area contributed by atoms with Crippen molar-refractivity contribution in [1.29, 1.82) is 0 Å². The Kier molecular flexibility index (Phi) is 8.60. The molecule has 4 rings (SSSR count). The second-order valence-electron chi connectivity index (χ2n) is 11.7. The average molecular weight is 574 g/mol. The van der Waals surface area contributed by atoms with Gasteiger partial charge in [-0.2, -0.15) is 0 Å². The number of benzene rings is 1. The molecule has 3 fully saturated rings. The second-order valence-corrected chi connectivity index (χ2v) is 14.0. The molecule has 0 aromatic heterocycles. The molecule has 0 aliphatic carbocycles. The Morgan fingerprint density at radius 2 is 1.82 bits per heavy atom. The number of carbonyl (C=O) groups excluding carboxylic acids is 3. The van der Waals surface area contributed by atoms with Gasteiger partial charge < -0.3 is 19.8 Å². The Morgan fingerprint density at radius 3 is 2.38 bits per heavy atom. The summed E-state index contributed by atoms with van der Waals surface area (Å²) in [5.41, 5.74) is 0.656. The van der Waals surface area contributed by atoms with Crippen molar-refractivity contribution in [2.24, 2.45) is 17.8 Å². The molecular weight excluding hydrogens is 534 g/mol. The topological polar surface area (TPSA) is 81.2 Å². The molecule has 1 aromatic carbocycles. The summed E-state index contributed by atoms with van der Waals surface area (Å²) in [6.45, 7) is 14.1. The molecule has 1 aromatic rings. The van der Waals surface area contributed by atoms with E-state index in [1.165, 1.54) is 0 Å². The predicted octanol–water partition coefficient (Wildman–Crippen LogP) is 4.39. The van der Waals surface area contributed by atoms with E-state index in [-0.39, 0.29) is 36.8 Å². The van der Waals surface area contributed by atoms with Crippen molar-refractivity contribution in [1.82, 2.24) is 9.80 Å². The van der Waals surface area contributed by atoms with Gasteiger partial charge in [-0.1, -0.05) is 37.6 Å². The highest BCUT2D eigenvalue weighted by Gasteiger charge is 2.78. The van der Waals surface area contributed by atoms with Crippen molar-refractivity contribution in [2.75, 3.05) is 31.6 Å². The number of hydrogen-bond donors (Lipinski definition) is 1. The fourth-order valence-electron chi connectivity index (χ4n) is 6.97. The molecule has 2 bridgehead atoms. The zero-order chi connectivity index (χ0) is 28.7. The number of halogens is 1. The van der Waals surface area contributed by atoms with Crippen LogP contribution in [-0.4, -0.2) is 80.9 Å². The van der Waals surface area contributed by atoms with Crippen LogP contribution in [0.5, 0.6) is 0 Å². The number of hydrogen-bond acceptors (Lipinski definition) is 5. The Bertz CT molecular complexity index is 1140. The molecule has 1 N–H and O–H groups in total. The average Bonchev–Trinajstić information content (AvgIpc) is 3.46. The van der Waals surface area contributed by atoms with E-state index in [9.17, 15) is 19.5 Å². The first-order valence-electron chi connectivity index (χ1n) is 13.6. The van der Waals surface area contributed by atoms with Gasteiger partial charge in [-0.05, 0) is 56.4 Å². The summed E-state index contributed by atoms with van der Waals surface area (Å²) in [5.74, 6) is -1.53. The minimum absolute atomic E-state index is 0.0945. The normalized spacial score (nSPS) is 29.9. The lowest BCUT2D eigenvalue weighted by molar-refractivity contribution is -0.146. The number of carbonyl (C=O) groups is 3. The fourth-order valence-corrected chi connectivity index (χ4v) is 9.43. The molecule has 212 valence electrons. The Labute approximate surface area is 241 Å². The van der Waals surface area contributed by atoms with Crippen LogP contribution in [0.3, 0.4) is 0 Å². The first-order chi connectivity index (χ1) is 18.5. The van der Waals surface area contributed by atoms with Gasteiger partial charge in [-0.15, -0.1) is 24.9 Å². The molecule has 7 nitrogen and oxygen atoms in total. The zero-order valence-electron chi connectivity index (χ0n) is 23.3. The molecule has 1 spiro atoms. The quantitative estimate of drug-likeness (QED) is 0.397. The highest BCUT2D eigenvalue weighted by molar-refractivity contribution is 8.02. The number of thioether (sulfide) groups is 1. The molecule has 6 atom stereocenters. The van der Waals surface area contributed by atoms with Gasteiger partial charge >= 0.3 is 0 Å². The van der Waals surface area contributed by atoms with Crippen LogP contribution in [0, 0.1) is 17.8 Å². The Hall–Kier alpha value is -2.29. The standard InChI is InChI=1S/C30H40ClN3O4S/c1-7-15-32(6)26(36)23-24-27(37)34(22(18-35)17-19(3)4)25(30(24)14-13-29(23,5)39-30)28(38)33(16-8-2)21-11-9-20(31)10-12-21/h7-12,19,22-25,35H,1-2,13-18H2,3-6H3/t22-,23-,24+,25?,29+,30?/m1/s1. The van der Waals surface area contributed by atoms with E-state index in [0.717, 1.165) is 6.42 Å². The smallest absolute Gasteiger partial charge is 0.251 e. The van der Waals surface area contributed by atoms with Crippen LogP contribution in [0.25, 0.3) is 0 Å². The van der Waals surface area contributed by atoms with Crippen molar-refractivity contribution >= 4 is 46.8 Å². The molecule has 3 aliphatic heterocycles. The molecule has 0 saturated carbocycles. The van der Waals surface area contributed by atoms with Gasteiger partial charge in [0.15, 0.2) is 0 Å². The van der Waals surface area contributed by atoms with Gasteiger partial charge in [0.05, 0.1) is 29.2 Å². The minimum atomic E-state index is -0.823. The van der Waals surface area contributed by atoms with Crippen molar-refractivity contribution in [3.63, 3.8) is 0 Å². The lowest BCUT2D eigenvalue weighted by atomic mass is 9.66. The molecular formula is C30H40ClN3O4S. The highest BCUT2D eigenvalue weighted by atomic mass is 35.5. The van der Waals surface area contributed by atoms with Crippen molar-refractivity contribution < 1.29 is 19.5 Å². The number of fused-ring (bicyclic) bond motifs is 1. The van der Waals surface area contributed by atoms with Gasteiger partial charge in [-0.3, -0.25) is 14.4 Å². The first-order valence-corrected chi connectivity index (χ1v) is 14.8. The lowest BCUT2D eigenvalue weighted by Crippen LogP contribution is -2.58. The number of aliphatic hydroxyl groups is 1. The maximum Gasteiger partial charge on any atom is 0.251 e. The first kappa shape index (κ1) is 29.7. The van der Waals surface area contributed by atoms with Gasteiger partial charge in [0.25, 0.3) is 5.91 Å². The minimum Gasteiger partial charge on any atom is -0.394 e. The molecule has 3 aliphatic rings. The summed E-state index contributed by atoms with van der Waals surface area (Å²) < 4.78 is -1.23. The number of anilines is 1. The second kappa shape index (κ2) is 11.3. The van der Waals surface area contributed by atoms with Crippen LogP contribution in [0.1, 0.15) is 40.0 Å². The summed E-state index contributed by atoms with van der Waals surface area (Å²) in [6.07, 6.45) is 5.27. The van der Waals surface area contributed by atoms with Crippen LogP contribution in [0.4, 0.5) is 5.69 Å². The van der Waals surface area contributed by atoms with Crippen molar-refractivity contribution in [2.45, 2.75) is 61.6 Å². The summed E-state index contributed by atoms with van der Waals surface area (Å²) >= 11 is 7.77. The maximum atomic E-state index is 14.7. The number of likely N-dealkylation sites (tertiary alicyclic amines) is 1. The van der Waals surface area contributed by atoms with E-state index in [1.54, 1.807) is 69.9 Å². The molecule has 9 heteroatoms. The van der Waals surface area contributed by atoms with Gasteiger partial charge in [0.2, 0.25) is 11.8 Å². The van der Waals surface area contributed by atoms with Gasteiger partial charge in [-0.25, -0.2) is 0 Å². The summed E-state index contributed by atoms with van der Waals surface area (Å²) in [7, 11) is 1.73. The predicted molar refractivity (Wildman–Crippen MR) is 158 cm³/mol. The van der Waals surface area contributed by atoms with E-state index in [0.29, 0.717) is 30.1 Å². The molecule has 39 heavy (non-hydrogen) atoms. The zero-order valence-corrected chi connectivity index (χ0v) is 24.9. The van der Waals surface area contributed by atoms with Gasteiger partial charge in [0.1, 0.15) is 6.04 Å². The number of nitrogens with zero attached hydrogens (tertiary/aromatic N) is 3. The van der Waals surface area contributed by atoms with Crippen molar-refractivity contribution in [3.05, 3.63) is 54.6 Å². The van der Waals surface area contributed by atoms with Crippen LogP contribution < -0.4 is 4.90 Å². The summed E-state index contributed by atoms with van der Waals surface area (Å²) in [5, 5.41) is 11.1. The largest absolute Gasteiger partial charge is 0.394 e. The third kappa shape index (κ3) is 4.93. The molecule has 3 heterocycles. The molecule has 3 amide bonds. The van der Waals surface area contributed by atoms with E-state index < -0.39 is 33.4 Å². The van der Waals surface area contributed by atoms with Gasteiger partial charge in [0, 0.05) is 35.6 Å². The number of likely N-dealkylation sites (N-methyl/N-ethyl adjacent to an activating group) is 1. The van der Waals surface area contributed by atoms with E-state index in [1.807, 2.05) is 13.8 Å². The SMILES string of the molecule is C=CCN(C)C(=O)[C@H]1[C@H]2C(=O)N([C@@H](CO)CC(C)C)C(C(=O)N(CC=C)c3ccc(Cl)cc3)C23CC[C@]1(C)S3. The van der Waals surface area contributed by atoms with Crippen LogP contribution in [0.2, 0.25) is 5.02 Å². The van der Waals surface area contributed by atoms with Crippen LogP contribution in [0.15, 0.2) is 49.6 Å². The summed E-state index contributed by atoms with van der Waals surface area (Å²) in [6, 6.07) is 5.68. The van der Waals surface area contributed by atoms with E-state index in [2.05, 4.69) is 20.1 Å². The summed E-state index contributed by atoms with van der Waals surface area (Å²) in [4.78, 5) is 47.9. The lowest BCUT2D eigenvalue weighted by Gasteiger charge is -2.40. The van der Waals surface area contributed by atoms with E-state index in [4.69, 9.17) is 11.6 Å². The number of aliphatic hydroxyl groups excluding tert-OH is 1. The Balaban J connectivity index is 1.85. The monoisotopic (exact) mass is 573 g/mol. The van der Waals surface area contributed by atoms with Crippen molar-refractivity contribution in [3.8, 4) is 0 Å². The van der Waals surface area contributed by atoms with Crippen LogP contribution in [-0.2, 0) is 14.4 Å². The fraction of sp³-hybridized carbons (Fsp3) is 0.567. The number of rotatable bonds is 11. The Morgan fingerprint density at radius 1 is 1.18 bits per heavy atom. The highest BCUT2D eigenvalue weighted by Crippen LogP contribution is 2.72.